The molecule has 2 atom stereocenters. The molecule has 1 aliphatic heterocycles. The van der Waals surface area contributed by atoms with Gasteiger partial charge in [0.05, 0.1) is 25.3 Å². The molecule has 0 saturated carbocycles. The van der Waals surface area contributed by atoms with Crippen molar-refractivity contribution in [3.63, 3.8) is 0 Å². The highest BCUT2D eigenvalue weighted by Crippen LogP contribution is 2.23. The van der Waals surface area contributed by atoms with Crippen molar-refractivity contribution in [1.29, 1.82) is 0 Å². The third-order valence-corrected chi connectivity index (χ3v) is 4.73. The minimum absolute atomic E-state index is 0.0407. The predicted octanol–water partition coefficient (Wildman–Crippen LogP) is 2.19. The average Bonchev–Trinajstić information content (AvgIpc) is 3.27. The van der Waals surface area contributed by atoms with E-state index in [0.717, 1.165) is 5.56 Å². The van der Waals surface area contributed by atoms with Crippen LogP contribution in [0.3, 0.4) is 0 Å². The number of rotatable bonds is 7. The third-order valence-electron chi connectivity index (χ3n) is 4.73. The summed E-state index contributed by atoms with van der Waals surface area (Å²) in [5, 5.41) is 10.7. The summed E-state index contributed by atoms with van der Waals surface area (Å²) in [5.74, 6) is -0.142. The van der Waals surface area contributed by atoms with Crippen LogP contribution in [0.5, 0.6) is 0 Å². The number of aromatic nitrogens is 3. The highest BCUT2D eigenvalue weighted by atomic mass is 19.1. The summed E-state index contributed by atoms with van der Waals surface area (Å²) in [6.07, 6.45) is 1.18. The number of nitrogens with zero attached hydrogens (tertiary/aromatic N) is 4. The maximum Gasteiger partial charge on any atom is 0.273 e. The van der Waals surface area contributed by atoms with Crippen LogP contribution in [0.2, 0.25) is 0 Å². The van der Waals surface area contributed by atoms with E-state index in [1.807, 2.05) is 44.2 Å². The lowest BCUT2D eigenvalue weighted by atomic mass is 10.1. The van der Waals surface area contributed by atoms with Crippen molar-refractivity contribution < 1.29 is 14.0 Å². The Morgan fingerprint density at radius 2 is 2.04 bits per heavy atom. The highest BCUT2D eigenvalue weighted by molar-refractivity contribution is 5.91. The molecule has 28 heavy (non-hydrogen) atoms. The fraction of sp³-hybridized carbons (Fsp3) is 0.500. The zero-order chi connectivity index (χ0) is 20.1. The summed E-state index contributed by atoms with van der Waals surface area (Å²) < 4.78 is 15.4. The van der Waals surface area contributed by atoms with Gasteiger partial charge in [0.15, 0.2) is 5.69 Å². The normalized spacial score (nSPS) is 19.2. The molecule has 0 bridgehead atoms. The molecular weight excluding hydrogens is 361 g/mol. The largest absolute Gasteiger partial charge is 0.347 e. The fourth-order valence-electron chi connectivity index (χ4n) is 3.38. The van der Waals surface area contributed by atoms with Gasteiger partial charge in [-0.3, -0.25) is 9.59 Å². The van der Waals surface area contributed by atoms with Crippen LogP contribution in [0.1, 0.15) is 42.7 Å². The number of likely N-dealkylation sites (tertiary alicyclic amines) is 1. The summed E-state index contributed by atoms with van der Waals surface area (Å²) in [7, 11) is 0. The zero-order valence-electron chi connectivity index (χ0n) is 16.2. The molecule has 3 rings (SSSR count). The Kier molecular flexibility index (Phi) is 6.38. The Morgan fingerprint density at radius 1 is 1.29 bits per heavy atom. The number of hydrogen-bond donors (Lipinski definition) is 1. The molecule has 0 aliphatic carbocycles. The van der Waals surface area contributed by atoms with Crippen LogP contribution in [0.25, 0.3) is 0 Å². The summed E-state index contributed by atoms with van der Waals surface area (Å²) in [5.41, 5.74) is 1.19. The van der Waals surface area contributed by atoms with E-state index < -0.39 is 6.17 Å². The summed E-state index contributed by atoms with van der Waals surface area (Å²) >= 11 is 0. The smallest absolute Gasteiger partial charge is 0.273 e. The molecule has 8 heteroatoms. The first-order valence-corrected chi connectivity index (χ1v) is 9.58. The summed E-state index contributed by atoms with van der Waals surface area (Å²) in [6.45, 7) is 4.77. The maximum atomic E-state index is 13.9. The van der Waals surface area contributed by atoms with Crippen molar-refractivity contribution in [2.45, 2.75) is 52.0 Å². The number of carbonyl (C=O) groups is 2. The van der Waals surface area contributed by atoms with Gasteiger partial charge in [0.2, 0.25) is 5.91 Å². The van der Waals surface area contributed by atoms with Gasteiger partial charge in [-0.05, 0) is 11.5 Å². The van der Waals surface area contributed by atoms with Crippen LogP contribution < -0.4 is 5.32 Å². The molecule has 1 aliphatic rings. The monoisotopic (exact) mass is 387 g/mol. The van der Waals surface area contributed by atoms with E-state index in [4.69, 9.17) is 0 Å². The van der Waals surface area contributed by atoms with Crippen LogP contribution in [-0.4, -0.2) is 50.5 Å². The Labute approximate surface area is 163 Å². The fourth-order valence-corrected chi connectivity index (χ4v) is 3.38. The van der Waals surface area contributed by atoms with Crippen molar-refractivity contribution in [2.24, 2.45) is 5.92 Å². The number of nitrogens with one attached hydrogen (secondary N) is 1. The molecule has 0 unspecified atom stereocenters. The second-order valence-electron chi connectivity index (χ2n) is 7.62. The van der Waals surface area contributed by atoms with E-state index in [9.17, 15) is 14.0 Å². The molecular formula is C20H26FN5O2. The topological polar surface area (TPSA) is 80.1 Å². The molecule has 7 nitrogen and oxygen atoms in total. The van der Waals surface area contributed by atoms with Gasteiger partial charge in [0.25, 0.3) is 5.91 Å². The van der Waals surface area contributed by atoms with E-state index in [-0.39, 0.29) is 42.4 Å². The van der Waals surface area contributed by atoms with E-state index in [1.165, 1.54) is 10.9 Å². The van der Waals surface area contributed by atoms with Crippen molar-refractivity contribution in [3.8, 4) is 0 Å². The van der Waals surface area contributed by atoms with Gasteiger partial charge >= 0.3 is 0 Å². The number of halogens is 1. The lowest BCUT2D eigenvalue weighted by Crippen LogP contribution is -2.38. The highest BCUT2D eigenvalue weighted by Gasteiger charge is 2.35. The van der Waals surface area contributed by atoms with Gasteiger partial charge in [-0.1, -0.05) is 49.4 Å². The third kappa shape index (κ3) is 5.15. The Morgan fingerprint density at radius 3 is 2.75 bits per heavy atom. The van der Waals surface area contributed by atoms with E-state index in [1.54, 1.807) is 4.90 Å². The van der Waals surface area contributed by atoms with Crippen molar-refractivity contribution >= 4 is 11.8 Å². The van der Waals surface area contributed by atoms with Crippen LogP contribution >= 0.6 is 0 Å². The van der Waals surface area contributed by atoms with Crippen LogP contribution in [0.15, 0.2) is 36.5 Å². The molecule has 1 aromatic carbocycles. The summed E-state index contributed by atoms with van der Waals surface area (Å²) in [6, 6.07) is 9.30. The molecule has 1 N–H and O–H groups in total. The molecule has 0 radical (unpaired) electrons. The van der Waals surface area contributed by atoms with Gasteiger partial charge in [-0.15, -0.1) is 5.10 Å². The lowest BCUT2D eigenvalue weighted by Gasteiger charge is -2.24. The SMILES string of the molecule is CC(C)CC(=O)N1C[C@@H](F)C[C@H]1Cn1cc(C(=O)NCc2ccccc2)nn1. The maximum absolute atomic E-state index is 13.9. The Balaban J connectivity index is 1.58. The minimum Gasteiger partial charge on any atom is -0.347 e. The standard InChI is InChI=1S/C20H26FN5O2/c1-14(2)8-19(27)26-11-16(21)9-17(26)12-25-13-18(23-24-25)20(28)22-10-15-6-4-3-5-7-15/h3-7,13-14,16-17H,8-12H2,1-2H3,(H,22,28)/t16-,17-/m0/s1. The first kappa shape index (κ1) is 20.0. The van der Waals surface area contributed by atoms with Gasteiger partial charge in [0.1, 0.15) is 6.17 Å². The summed E-state index contributed by atoms with van der Waals surface area (Å²) in [4.78, 5) is 26.2. The van der Waals surface area contributed by atoms with E-state index in [2.05, 4.69) is 15.6 Å². The minimum atomic E-state index is -1.03. The number of benzene rings is 1. The number of alkyl halides is 1. The molecule has 0 spiro atoms. The van der Waals surface area contributed by atoms with Crippen molar-refractivity contribution in [3.05, 3.63) is 47.8 Å². The second kappa shape index (κ2) is 8.95. The number of hydrogen-bond acceptors (Lipinski definition) is 4. The van der Waals surface area contributed by atoms with Gasteiger partial charge in [-0.2, -0.15) is 0 Å². The molecule has 2 aromatic rings. The quantitative estimate of drug-likeness (QED) is 0.790. The molecule has 1 aromatic heterocycles. The van der Waals surface area contributed by atoms with E-state index in [0.29, 0.717) is 19.5 Å². The van der Waals surface area contributed by atoms with Crippen LogP contribution in [-0.2, 0) is 17.9 Å². The van der Waals surface area contributed by atoms with Gasteiger partial charge in [0, 0.05) is 19.4 Å². The zero-order valence-corrected chi connectivity index (χ0v) is 16.2. The van der Waals surface area contributed by atoms with Crippen LogP contribution in [0.4, 0.5) is 4.39 Å². The average molecular weight is 387 g/mol. The number of carbonyl (C=O) groups excluding carboxylic acids is 2. The van der Waals surface area contributed by atoms with Crippen molar-refractivity contribution in [2.75, 3.05) is 6.54 Å². The molecule has 1 fully saturated rings. The molecule has 2 heterocycles. The molecule has 2 amide bonds. The second-order valence-corrected chi connectivity index (χ2v) is 7.62. The molecule has 1 saturated heterocycles. The lowest BCUT2D eigenvalue weighted by molar-refractivity contribution is -0.133. The van der Waals surface area contributed by atoms with E-state index >= 15 is 0 Å². The predicted molar refractivity (Wildman–Crippen MR) is 102 cm³/mol. The molecule has 150 valence electrons. The van der Waals surface area contributed by atoms with Gasteiger partial charge in [-0.25, -0.2) is 9.07 Å². The first-order chi connectivity index (χ1) is 13.4. The Hall–Kier alpha value is -2.77. The first-order valence-electron chi connectivity index (χ1n) is 9.58. The van der Waals surface area contributed by atoms with Crippen molar-refractivity contribution in [1.82, 2.24) is 25.2 Å². The van der Waals surface area contributed by atoms with Gasteiger partial charge < -0.3 is 10.2 Å². The Bertz CT molecular complexity index is 808. The number of amides is 2. The van der Waals surface area contributed by atoms with Crippen LogP contribution in [0, 0.1) is 5.92 Å².